The molecule has 0 atom stereocenters. The Hall–Kier alpha value is -1.64. The van der Waals surface area contributed by atoms with Crippen LogP contribution in [0.1, 0.15) is 18.9 Å². The molecule has 0 N–H and O–H groups in total. The van der Waals surface area contributed by atoms with Crippen LogP contribution in [0.5, 0.6) is 0 Å². The number of hydrogen-bond acceptors (Lipinski definition) is 2. The highest BCUT2D eigenvalue weighted by atomic mass is 15.3. The lowest BCUT2D eigenvalue weighted by Gasteiger charge is -2.02. The van der Waals surface area contributed by atoms with E-state index in [-0.39, 0.29) is 0 Å². The highest BCUT2D eigenvalue weighted by Gasteiger charge is 2.03. The SMILES string of the molecule is CCCc1ccc(-c2ncnn2C)cc1. The third kappa shape index (κ3) is 2.06. The average Bonchev–Trinajstić information content (AvgIpc) is 2.66. The van der Waals surface area contributed by atoms with Crippen molar-refractivity contribution in [2.75, 3.05) is 0 Å². The van der Waals surface area contributed by atoms with E-state index in [0.717, 1.165) is 17.8 Å². The molecule has 0 aliphatic heterocycles. The van der Waals surface area contributed by atoms with E-state index < -0.39 is 0 Å². The van der Waals surface area contributed by atoms with Crippen molar-refractivity contribution in [3.63, 3.8) is 0 Å². The third-order valence-corrected chi connectivity index (χ3v) is 2.46. The van der Waals surface area contributed by atoms with Crippen LogP contribution in [0.2, 0.25) is 0 Å². The Morgan fingerprint density at radius 2 is 1.93 bits per heavy atom. The van der Waals surface area contributed by atoms with E-state index in [9.17, 15) is 0 Å². The molecular formula is C12H15N3. The molecule has 2 aromatic rings. The minimum Gasteiger partial charge on any atom is -0.249 e. The van der Waals surface area contributed by atoms with E-state index in [2.05, 4.69) is 41.3 Å². The zero-order valence-electron chi connectivity index (χ0n) is 9.14. The molecule has 3 nitrogen and oxygen atoms in total. The summed E-state index contributed by atoms with van der Waals surface area (Å²) in [5.41, 5.74) is 2.50. The second-order valence-corrected chi connectivity index (χ2v) is 3.65. The minimum absolute atomic E-state index is 0.915. The fourth-order valence-corrected chi connectivity index (χ4v) is 1.67. The Labute approximate surface area is 89.8 Å². The van der Waals surface area contributed by atoms with Gasteiger partial charge in [-0.3, -0.25) is 0 Å². The molecule has 3 heteroatoms. The van der Waals surface area contributed by atoms with E-state index >= 15 is 0 Å². The van der Waals surface area contributed by atoms with Crippen molar-refractivity contribution in [1.29, 1.82) is 0 Å². The molecule has 0 amide bonds. The minimum atomic E-state index is 0.915. The van der Waals surface area contributed by atoms with Crippen molar-refractivity contribution in [1.82, 2.24) is 14.8 Å². The van der Waals surface area contributed by atoms with Crippen LogP contribution in [0.3, 0.4) is 0 Å². The summed E-state index contributed by atoms with van der Waals surface area (Å²) in [6.45, 7) is 2.19. The predicted molar refractivity (Wildman–Crippen MR) is 60.4 cm³/mol. The van der Waals surface area contributed by atoms with Crippen LogP contribution in [0.25, 0.3) is 11.4 Å². The smallest absolute Gasteiger partial charge is 0.157 e. The molecule has 2 rings (SSSR count). The van der Waals surface area contributed by atoms with Gasteiger partial charge in [0.25, 0.3) is 0 Å². The Morgan fingerprint density at radius 1 is 1.20 bits per heavy atom. The van der Waals surface area contributed by atoms with Gasteiger partial charge in [-0.05, 0) is 12.0 Å². The van der Waals surface area contributed by atoms with Crippen LogP contribution >= 0.6 is 0 Å². The Bertz CT molecular complexity index is 428. The molecule has 0 aliphatic carbocycles. The molecule has 1 aromatic heterocycles. The molecule has 0 aliphatic rings. The molecule has 0 saturated carbocycles. The van der Waals surface area contributed by atoms with Gasteiger partial charge in [-0.15, -0.1) is 0 Å². The van der Waals surface area contributed by atoms with Crippen LogP contribution in [0.15, 0.2) is 30.6 Å². The van der Waals surface area contributed by atoms with Crippen molar-refractivity contribution in [3.8, 4) is 11.4 Å². The van der Waals surface area contributed by atoms with Crippen molar-refractivity contribution in [3.05, 3.63) is 36.2 Å². The van der Waals surface area contributed by atoms with E-state index in [0.29, 0.717) is 0 Å². The summed E-state index contributed by atoms with van der Waals surface area (Å²) in [6.07, 6.45) is 3.90. The Morgan fingerprint density at radius 3 is 2.47 bits per heavy atom. The molecule has 0 saturated heterocycles. The molecule has 0 radical (unpaired) electrons. The summed E-state index contributed by atoms with van der Waals surface area (Å²) < 4.78 is 1.79. The van der Waals surface area contributed by atoms with Gasteiger partial charge in [0.05, 0.1) is 0 Å². The summed E-state index contributed by atoms with van der Waals surface area (Å²) >= 11 is 0. The molecule has 0 unspecified atom stereocenters. The maximum atomic E-state index is 4.21. The normalized spacial score (nSPS) is 10.5. The fraction of sp³-hybridized carbons (Fsp3) is 0.333. The lowest BCUT2D eigenvalue weighted by atomic mass is 10.1. The molecular weight excluding hydrogens is 186 g/mol. The van der Waals surface area contributed by atoms with E-state index in [1.165, 1.54) is 12.0 Å². The predicted octanol–water partition coefficient (Wildman–Crippen LogP) is 2.43. The summed E-state index contributed by atoms with van der Waals surface area (Å²) in [4.78, 5) is 4.21. The average molecular weight is 201 g/mol. The molecule has 0 fully saturated rings. The van der Waals surface area contributed by atoms with Crippen LogP contribution < -0.4 is 0 Å². The third-order valence-electron chi connectivity index (χ3n) is 2.46. The molecule has 1 heterocycles. The van der Waals surface area contributed by atoms with Crippen LogP contribution in [0, 0.1) is 0 Å². The van der Waals surface area contributed by atoms with E-state index in [1.54, 1.807) is 11.0 Å². The number of aromatic nitrogens is 3. The summed E-state index contributed by atoms with van der Waals surface area (Å²) in [6, 6.07) is 8.53. The van der Waals surface area contributed by atoms with Gasteiger partial charge in [0.15, 0.2) is 5.82 Å². The summed E-state index contributed by atoms with van der Waals surface area (Å²) in [5, 5.41) is 4.06. The van der Waals surface area contributed by atoms with Gasteiger partial charge >= 0.3 is 0 Å². The first-order valence-electron chi connectivity index (χ1n) is 5.24. The highest BCUT2D eigenvalue weighted by Crippen LogP contribution is 2.16. The first-order chi connectivity index (χ1) is 7.31. The lowest BCUT2D eigenvalue weighted by molar-refractivity contribution is 0.774. The zero-order chi connectivity index (χ0) is 10.7. The van der Waals surface area contributed by atoms with Gasteiger partial charge in [-0.1, -0.05) is 37.6 Å². The number of benzene rings is 1. The molecule has 0 bridgehead atoms. The van der Waals surface area contributed by atoms with Crippen molar-refractivity contribution in [2.45, 2.75) is 19.8 Å². The van der Waals surface area contributed by atoms with Gasteiger partial charge in [0, 0.05) is 12.6 Å². The number of hydrogen-bond donors (Lipinski definition) is 0. The van der Waals surface area contributed by atoms with Gasteiger partial charge in [0.1, 0.15) is 6.33 Å². The van der Waals surface area contributed by atoms with Gasteiger partial charge < -0.3 is 0 Å². The van der Waals surface area contributed by atoms with Gasteiger partial charge in [-0.25, -0.2) is 9.67 Å². The van der Waals surface area contributed by atoms with Gasteiger partial charge in [-0.2, -0.15) is 5.10 Å². The van der Waals surface area contributed by atoms with E-state index in [1.807, 2.05) is 7.05 Å². The quantitative estimate of drug-likeness (QED) is 0.763. The number of rotatable bonds is 3. The van der Waals surface area contributed by atoms with E-state index in [4.69, 9.17) is 0 Å². The van der Waals surface area contributed by atoms with Gasteiger partial charge in [0.2, 0.25) is 0 Å². The van der Waals surface area contributed by atoms with Crippen LogP contribution in [-0.2, 0) is 13.5 Å². The lowest BCUT2D eigenvalue weighted by Crippen LogP contribution is -1.94. The topological polar surface area (TPSA) is 30.7 Å². The second-order valence-electron chi connectivity index (χ2n) is 3.65. The number of aryl methyl sites for hydroxylation is 2. The summed E-state index contributed by atoms with van der Waals surface area (Å²) in [7, 11) is 1.91. The number of nitrogens with zero attached hydrogens (tertiary/aromatic N) is 3. The Kier molecular flexibility index (Phi) is 2.81. The maximum absolute atomic E-state index is 4.21. The second kappa shape index (κ2) is 4.26. The monoisotopic (exact) mass is 201 g/mol. The summed E-state index contributed by atoms with van der Waals surface area (Å²) in [5.74, 6) is 0.915. The van der Waals surface area contributed by atoms with Crippen molar-refractivity contribution < 1.29 is 0 Å². The highest BCUT2D eigenvalue weighted by molar-refractivity contribution is 5.55. The van der Waals surface area contributed by atoms with Crippen LogP contribution in [-0.4, -0.2) is 14.8 Å². The molecule has 1 aromatic carbocycles. The largest absolute Gasteiger partial charge is 0.249 e. The molecule has 15 heavy (non-hydrogen) atoms. The molecule has 78 valence electrons. The Balaban J connectivity index is 2.28. The fourth-order valence-electron chi connectivity index (χ4n) is 1.67. The zero-order valence-corrected chi connectivity index (χ0v) is 9.14. The van der Waals surface area contributed by atoms with Crippen molar-refractivity contribution in [2.24, 2.45) is 7.05 Å². The first-order valence-corrected chi connectivity index (χ1v) is 5.24. The maximum Gasteiger partial charge on any atom is 0.157 e. The standard InChI is InChI=1S/C12H15N3/c1-3-4-10-5-7-11(8-6-10)12-13-9-14-15(12)2/h5-9H,3-4H2,1-2H3. The first kappa shape index (κ1) is 9.90. The van der Waals surface area contributed by atoms with Crippen LogP contribution in [0.4, 0.5) is 0 Å². The van der Waals surface area contributed by atoms with Crippen molar-refractivity contribution >= 4 is 0 Å². The molecule has 0 spiro atoms.